The smallest absolute Gasteiger partial charge is 0.261 e. The van der Waals surface area contributed by atoms with Gasteiger partial charge in [0.1, 0.15) is 0 Å². The summed E-state index contributed by atoms with van der Waals surface area (Å²) in [5.74, 6) is -0.131. The van der Waals surface area contributed by atoms with Crippen LogP contribution in [0.25, 0.3) is 0 Å². The van der Waals surface area contributed by atoms with E-state index in [1.807, 2.05) is 30.3 Å². The Kier molecular flexibility index (Phi) is 6.34. The Morgan fingerprint density at radius 1 is 0.857 bits per heavy atom. The highest BCUT2D eigenvalue weighted by atomic mass is 35.5. The van der Waals surface area contributed by atoms with E-state index in [9.17, 15) is 13.2 Å². The van der Waals surface area contributed by atoms with Crippen LogP contribution in [0.5, 0.6) is 0 Å². The number of hydrogen-bond donors (Lipinski definition) is 2. The Labute approximate surface area is 169 Å². The van der Waals surface area contributed by atoms with Gasteiger partial charge >= 0.3 is 0 Å². The first-order valence-electron chi connectivity index (χ1n) is 8.65. The average molecular weight is 415 g/mol. The van der Waals surface area contributed by atoms with Gasteiger partial charge < -0.3 is 5.32 Å². The number of benzene rings is 3. The van der Waals surface area contributed by atoms with Crippen molar-refractivity contribution in [2.75, 3.05) is 10.0 Å². The van der Waals surface area contributed by atoms with Crippen molar-refractivity contribution in [3.63, 3.8) is 0 Å². The van der Waals surface area contributed by atoms with Gasteiger partial charge in [-0.2, -0.15) is 0 Å². The molecule has 0 aromatic heterocycles. The van der Waals surface area contributed by atoms with Crippen LogP contribution in [0.15, 0.2) is 83.8 Å². The van der Waals surface area contributed by atoms with Crippen LogP contribution in [0.1, 0.15) is 12.0 Å². The molecule has 2 N–H and O–H groups in total. The van der Waals surface area contributed by atoms with Crippen molar-refractivity contribution in [1.29, 1.82) is 0 Å². The van der Waals surface area contributed by atoms with Crippen LogP contribution >= 0.6 is 11.6 Å². The minimum Gasteiger partial charge on any atom is -0.326 e. The number of para-hydroxylation sites is 1. The summed E-state index contributed by atoms with van der Waals surface area (Å²) in [6.45, 7) is 0. The van der Waals surface area contributed by atoms with E-state index in [4.69, 9.17) is 11.6 Å². The van der Waals surface area contributed by atoms with Gasteiger partial charge in [0.15, 0.2) is 0 Å². The van der Waals surface area contributed by atoms with Crippen molar-refractivity contribution in [2.24, 2.45) is 0 Å². The fourth-order valence-corrected chi connectivity index (χ4v) is 3.91. The van der Waals surface area contributed by atoms with Crippen molar-refractivity contribution in [1.82, 2.24) is 0 Å². The largest absolute Gasteiger partial charge is 0.326 e. The predicted octanol–water partition coefficient (Wildman–Crippen LogP) is 4.71. The molecule has 0 aliphatic heterocycles. The molecule has 5 nitrogen and oxygen atoms in total. The molecule has 0 heterocycles. The van der Waals surface area contributed by atoms with Gasteiger partial charge in [0.05, 0.1) is 15.6 Å². The third-order valence-electron chi connectivity index (χ3n) is 4.05. The summed E-state index contributed by atoms with van der Waals surface area (Å²) < 4.78 is 27.4. The molecule has 0 saturated carbocycles. The Morgan fingerprint density at radius 3 is 2.18 bits per heavy atom. The summed E-state index contributed by atoms with van der Waals surface area (Å²) in [4.78, 5) is 12.2. The van der Waals surface area contributed by atoms with Crippen LogP contribution in [0.4, 0.5) is 11.4 Å². The molecule has 0 radical (unpaired) electrons. The predicted molar refractivity (Wildman–Crippen MR) is 112 cm³/mol. The molecular weight excluding hydrogens is 396 g/mol. The number of sulfonamides is 1. The highest BCUT2D eigenvalue weighted by molar-refractivity contribution is 7.92. The first kappa shape index (κ1) is 19.9. The van der Waals surface area contributed by atoms with E-state index in [1.54, 1.807) is 36.4 Å². The summed E-state index contributed by atoms with van der Waals surface area (Å²) >= 11 is 6.00. The monoisotopic (exact) mass is 414 g/mol. The summed E-state index contributed by atoms with van der Waals surface area (Å²) in [6, 6.07) is 22.3. The molecule has 7 heteroatoms. The topological polar surface area (TPSA) is 75.3 Å². The zero-order valence-electron chi connectivity index (χ0n) is 14.9. The molecule has 0 bridgehead atoms. The van der Waals surface area contributed by atoms with Crippen molar-refractivity contribution in [3.8, 4) is 0 Å². The van der Waals surface area contributed by atoms with E-state index in [-0.39, 0.29) is 10.8 Å². The third kappa shape index (κ3) is 5.34. The van der Waals surface area contributed by atoms with Gasteiger partial charge in [-0.3, -0.25) is 9.52 Å². The Balaban J connectivity index is 1.61. The number of hydrogen-bond acceptors (Lipinski definition) is 3. The lowest BCUT2D eigenvalue weighted by Crippen LogP contribution is -2.14. The highest BCUT2D eigenvalue weighted by Crippen LogP contribution is 2.24. The van der Waals surface area contributed by atoms with E-state index in [1.165, 1.54) is 12.1 Å². The lowest BCUT2D eigenvalue weighted by Gasteiger charge is -2.10. The van der Waals surface area contributed by atoms with Gasteiger partial charge in [-0.15, -0.1) is 0 Å². The fourth-order valence-electron chi connectivity index (χ4n) is 2.59. The van der Waals surface area contributed by atoms with Gasteiger partial charge in [-0.05, 0) is 48.4 Å². The molecule has 0 saturated heterocycles. The van der Waals surface area contributed by atoms with E-state index >= 15 is 0 Å². The molecule has 0 spiro atoms. The molecule has 1 amide bonds. The minimum atomic E-state index is -3.77. The van der Waals surface area contributed by atoms with Crippen LogP contribution in [0, 0.1) is 0 Å². The van der Waals surface area contributed by atoms with Gasteiger partial charge in [-0.1, -0.05) is 54.1 Å². The summed E-state index contributed by atoms with van der Waals surface area (Å²) in [7, 11) is -3.77. The summed E-state index contributed by atoms with van der Waals surface area (Å²) in [6.07, 6.45) is 0.985. The van der Waals surface area contributed by atoms with Crippen LogP contribution in [0.2, 0.25) is 5.02 Å². The summed E-state index contributed by atoms with van der Waals surface area (Å²) in [5.41, 5.74) is 1.93. The van der Waals surface area contributed by atoms with Crippen LogP contribution in [-0.2, 0) is 21.2 Å². The number of amides is 1. The number of rotatable bonds is 7. The Hall–Kier alpha value is -2.83. The molecule has 0 fully saturated rings. The maximum absolute atomic E-state index is 12.5. The van der Waals surface area contributed by atoms with Gasteiger partial charge in [0, 0.05) is 12.1 Å². The van der Waals surface area contributed by atoms with Crippen LogP contribution < -0.4 is 10.0 Å². The minimum absolute atomic E-state index is 0.0784. The zero-order valence-corrected chi connectivity index (χ0v) is 16.5. The van der Waals surface area contributed by atoms with Crippen LogP contribution in [0.3, 0.4) is 0 Å². The standard InChI is InChI=1S/C21H19ClN2O3S/c22-19-8-4-5-9-20(19)24-28(26,27)18-13-11-17(12-14-18)23-21(25)15-10-16-6-2-1-3-7-16/h1-9,11-14,24H,10,15H2,(H,23,25). The molecule has 3 aromatic rings. The Morgan fingerprint density at radius 2 is 1.50 bits per heavy atom. The fraction of sp³-hybridized carbons (Fsp3) is 0.0952. The SMILES string of the molecule is O=C(CCc1ccccc1)Nc1ccc(S(=O)(=O)Nc2ccccc2Cl)cc1. The van der Waals surface area contributed by atoms with Crippen LogP contribution in [-0.4, -0.2) is 14.3 Å². The second kappa shape index (κ2) is 8.91. The van der Waals surface area contributed by atoms with E-state index in [2.05, 4.69) is 10.0 Å². The lowest BCUT2D eigenvalue weighted by molar-refractivity contribution is -0.116. The molecule has 0 aliphatic rings. The van der Waals surface area contributed by atoms with Crippen molar-refractivity contribution in [2.45, 2.75) is 17.7 Å². The van der Waals surface area contributed by atoms with Gasteiger partial charge in [-0.25, -0.2) is 8.42 Å². The van der Waals surface area contributed by atoms with E-state index < -0.39 is 10.0 Å². The molecule has 0 unspecified atom stereocenters. The number of carbonyl (C=O) groups is 1. The molecule has 0 atom stereocenters. The number of anilines is 2. The zero-order chi connectivity index (χ0) is 20.0. The Bertz CT molecular complexity index is 1050. The lowest BCUT2D eigenvalue weighted by atomic mass is 10.1. The van der Waals surface area contributed by atoms with E-state index in [0.29, 0.717) is 29.2 Å². The van der Waals surface area contributed by atoms with Crippen molar-refractivity contribution < 1.29 is 13.2 Å². The molecule has 28 heavy (non-hydrogen) atoms. The van der Waals surface area contributed by atoms with Gasteiger partial charge in [0.2, 0.25) is 5.91 Å². The third-order valence-corrected chi connectivity index (χ3v) is 5.76. The first-order chi connectivity index (χ1) is 13.4. The normalized spacial score (nSPS) is 11.0. The molecule has 0 aliphatic carbocycles. The number of halogens is 1. The molecular formula is C21H19ClN2O3S. The molecule has 144 valence electrons. The van der Waals surface area contributed by atoms with E-state index in [0.717, 1.165) is 5.56 Å². The highest BCUT2D eigenvalue weighted by Gasteiger charge is 2.15. The molecule has 3 rings (SSSR count). The first-order valence-corrected chi connectivity index (χ1v) is 10.5. The second-order valence-corrected chi connectivity index (χ2v) is 8.23. The van der Waals surface area contributed by atoms with Gasteiger partial charge in [0.25, 0.3) is 10.0 Å². The molecule has 3 aromatic carbocycles. The van der Waals surface area contributed by atoms with Crippen molar-refractivity contribution >= 4 is 38.9 Å². The average Bonchev–Trinajstić information content (AvgIpc) is 2.69. The van der Waals surface area contributed by atoms with Crippen molar-refractivity contribution in [3.05, 3.63) is 89.4 Å². The number of nitrogens with one attached hydrogen (secondary N) is 2. The number of aryl methyl sites for hydroxylation is 1. The second-order valence-electron chi connectivity index (χ2n) is 6.14. The number of carbonyl (C=O) groups excluding carboxylic acids is 1. The maximum atomic E-state index is 12.5. The summed E-state index contributed by atoms with van der Waals surface area (Å²) in [5, 5.41) is 3.09. The maximum Gasteiger partial charge on any atom is 0.261 e. The quantitative estimate of drug-likeness (QED) is 0.587.